The smallest absolute Gasteiger partial charge is 0.171 e. The molecule has 0 aliphatic rings. The zero-order valence-electron chi connectivity index (χ0n) is 2.75. The van der Waals surface area contributed by atoms with E-state index in [-0.39, 0.29) is 12.4 Å². The second-order valence-corrected chi connectivity index (χ2v) is 0.615. The average Bonchev–Trinajstić information content (AvgIpc) is 0.722. The first-order chi connectivity index (χ1) is 2.00. The zero-order valence-corrected chi connectivity index (χ0v) is 3.57. The van der Waals surface area contributed by atoms with Gasteiger partial charge in [0, 0.05) is 0 Å². The number of hydrogen-bond donors (Lipinski definition) is 0. The lowest BCUT2D eigenvalue weighted by Gasteiger charge is -1.88. The minimum atomic E-state index is -4.25. The zero-order chi connectivity index (χ0) is 4.50. The van der Waals surface area contributed by atoms with Crippen molar-refractivity contribution in [3.8, 4) is 0 Å². The third-order valence-corrected chi connectivity index (χ3v) is 0. The van der Waals surface area contributed by atoms with Crippen LogP contribution < -0.4 is 0 Å². The Morgan fingerprint density at radius 2 is 1.17 bits per heavy atom. The van der Waals surface area contributed by atoms with Crippen molar-refractivity contribution in [3.63, 3.8) is 0 Å². The van der Waals surface area contributed by atoms with E-state index in [0.717, 1.165) is 0 Å². The summed E-state index contributed by atoms with van der Waals surface area (Å²) in [4.78, 5) is 0. The summed E-state index contributed by atoms with van der Waals surface area (Å²) in [5, 5.41) is 0. The van der Waals surface area contributed by atoms with Gasteiger partial charge in [-0.1, -0.05) is 0 Å². The minimum Gasteiger partial charge on any atom is -0.171 e. The van der Waals surface area contributed by atoms with Gasteiger partial charge in [-0.25, -0.2) is 0 Å². The summed E-state index contributed by atoms with van der Waals surface area (Å²) in [7, 11) is 0. The summed E-state index contributed by atoms with van der Waals surface area (Å²) < 4.78 is 30.7. The first-order valence-electron chi connectivity index (χ1n) is 0.921. The van der Waals surface area contributed by atoms with Crippen molar-refractivity contribution < 1.29 is 13.2 Å². The van der Waals surface area contributed by atoms with Gasteiger partial charge in [0.1, 0.15) is 0 Å². The van der Waals surface area contributed by atoms with Crippen molar-refractivity contribution in [1.29, 1.82) is 0 Å². The van der Waals surface area contributed by atoms with Crippen molar-refractivity contribution in [2.24, 2.45) is 0 Å². The number of rotatable bonds is 0. The van der Waals surface area contributed by atoms with E-state index in [0.29, 0.717) is 0 Å². The van der Waals surface area contributed by atoms with Crippen LogP contribution in [0.1, 0.15) is 0 Å². The third kappa shape index (κ3) is 6050. The fraction of sp³-hybridized carbons (Fsp3) is 0.500. The highest BCUT2D eigenvalue weighted by molar-refractivity contribution is 5.85. The van der Waals surface area contributed by atoms with Gasteiger partial charge in [-0.2, -0.15) is 13.2 Å². The monoisotopic (exact) mass is 119 g/mol. The molecule has 0 aliphatic heterocycles. The predicted molar refractivity (Wildman–Crippen MR) is 18.7 cm³/mol. The van der Waals surface area contributed by atoms with Gasteiger partial charge >= 0.3 is 6.18 Å². The molecule has 4 heteroatoms. The van der Waals surface area contributed by atoms with Crippen molar-refractivity contribution >= 4 is 12.4 Å². The maximum atomic E-state index is 10.2. The minimum absolute atomic E-state index is 0. The summed E-state index contributed by atoms with van der Waals surface area (Å²) in [5.41, 5.74) is 0. The molecule has 0 spiro atoms. The van der Waals surface area contributed by atoms with Crippen molar-refractivity contribution in [2.45, 2.75) is 6.18 Å². The molecule has 0 saturated heterocycles. The first-order valence-corrected chi connectivity index (χ1v) is 0.921. The average molecular weight is 119 g/mol. The molecule has 1 radical (unpaired) electrons. The number of alkyl halides is 3. The molecular weight excluding hydrogens is 116 g/mol. The van der Waals surface area contributed by atoms with Crippen LogP contribution in [-0.2, 0) is 0 Å². The molecule has 0 aromatic rings. The SMILES string of the molecule is Cl.[CH2]C(F)(F)F. The van der Waals surface area contributed by atoms with Crippen LogP contribution in [0.3, 0.4) is 0 Å². The molecule has 0 aliphatic carbocycles. The lowest BCUT2D eigenvalue weighted by atomic mass is 10.8. The van der Waals surface area contributed by atoms with E-state index >= 15 is 0 Å². The summed E-state index contributed by atoms with van der Waals surface area (Å²) >= 11 is 0. The van der Waals surface area contributed by atoms with Crippen LogP contribution in [0.4, 0.5) is 13.2 Å². The molecule has 0 fully saturated rings. The Balaban J connectivity index is 0. The van der Waals surface area contributed by atoms with E-state index in [9.17, 15) is 13.2 Å². The Labute approximate surface area is 39.8 Å². The van der Waals surface area contributed by atoms with E-state index in [1.54, 1.807) is 6.92 Å². The van der Waals surface area contributed by atoms with E-state index in [2.05, 4.69) is 0 Å². The fourth-order valence-electron chi connectivity index (χ4n) is 0. The van der Waals surface area contributed by atoms with Crippen LogP contribution in [0, 0.1) is 6.92 Å². The van der Waals surface area contributed by atoms with E-state index in [4.69, 9.17) is 0 Å². The molecule has 0 heterocycles. The lowest BCUT2D eigenvalue weighted by molar-refractivity contribution is -0.0829. The van der Waals surface area contributed by atoms with Crippen LogP contribution in [0.5, 0.6) is 0 Å². The summed E-state index contributed by atoms with van der Waals surface area (Å²) in [5.74, 6) is 0. The molecule has 0 nitrogen and oxygen atoms in total. The second kappa shape index (κ2) is 2.29. The molecule has 39 valence electrons. The molecule has 0 rings (SSSR count). The molecule has 0 aromatic heterocycles. The number of hydrogen-bond acceptors (Lipinski definition) is 0. The Morgan fingerprint density at radius 3 is 1.17 bits per heavy atom. The quantitative estimate of drug-likeness (QED) is 0.456. The van der Waals surface area contributed by atoms with Crippen LogP contribution in [0.25, 0.3) is 0 Å². The second-order valence-electron chi connectivity index (χ2n) is 0.615. The van der Waals surface area contributed by atoms with E-state index in [1.165, 1.54) is 0 Å². The lowest BCUT2D eigenvalue weighted by Crippen LogP contribution is -1.96. The van der Waals surface area contributed by atoms with Crippen LogP contribution in [0.15, 0.2) is 0 Å². The van der Waals surface area contributed by atoms with E-state index < -0.39 is 6.18 Å². The van der Waals surface area contributed by atoms with E-state index in [1.807, 2.05) is 0 Å². The van der Waals surface area contributed by atoms with Gasteiger partial charge < -0.3 is 0 Å². The van der Waals surface area contributed by atoms with Gasteiger partial charge in [0.15, 0.2) is 0 Å². The largest absolute Gasteiger partial charge is 0.389 e. The molecule has 0 N–H and O–H groups in total. The van der Waals surface area contributed by atoms with Gasteiger partial charge in [0.05, 0.1) is 6.92 Å². The van der Waals surface area contributed by atoms with Gasteiger partial charge in [0.2, 0.25) is 0 Å². The standard InChI is InChI=1S/C2H2F3.ClH/c1-2(3,4)5;/h1H2;1H. The highest BCUT2D eigenvalue weighted by Gasteiger charge is 2.16. The molecule has 0 aromatic carbocycles. The molecular formula is C2H3ClF3. The summed E-state index contributed by atoms with van der Waals surface area (Å²) in [6.45, 7) is 1.77. The van der Waals surface area contributed by atoms with Gasteiger partial charge in [-0.05, 0) is 0 Å². The van der Waals surface area contributed by atoms with Crippen molar-refractivity contribution in [3.05, 3.63) is 6.92 Å². The molecule has 0 bridgehead atoms. The molecule has 0 amide bonds. The van der Waals surface area contributed by atoms with Gasteiger partial charge in [0.25, 0.3) is 0 Å². The fourth-order valence-corrected chi connectivity index (χ4v) is 0. The van der Waals surface area contributed by atoms with Crippen LogP contribution >= 0.6 is 12.4 Å². The maximum Gasteiger partial charge on any atom is 0.389 e. The Hall–Kier alpha value is 0.0800. The highest BCUT2D eigenvalue weighted by atomic mass is 35.5. The molecule has 6 heavy (non-hydrogen) atoms. The maximum absolute atomic E-state index is 10.2. The third-order valence-electron chi connectivity index (χ3n) is 0. The molecule has 0 unspecified atom stereocenters. The van der Waals surface area contributed by atoms with Gasteiger partial charge in [-0.3, -0.25) is 0 Å². The summed E-state index contributed by atoms with van der Waals surface area (Å²) in [6.07, 6.45) is -4.25. The van der Waals surface area contributed by atoms with Crippen molar-refractivity contribution in [1.82, 2.24) is 0 Å². The van der Waals surface area contributed by atoms with Crippen molar-refractivity contribution in [2.75, 3.05) is 0 Å². The Kier molecular flexibility index (Phi) is 3.59. The van der Waals surface area contributed by atoms with Gasteiger partial charge in [-0.15, -0.1) is 12.4 Å². The Morgan fingerprint density at radius 1 is 1.17 bits per heavy atom. The first kappa shape index (κ1) is 9.43. The van der Waals surface area contributed by atoms with Crippen LogP contribution in [-0.4, -0.2) is 6.18 Å². The molecule has 0 atom stereocenters. The number of halogens is 4. The highest BCUT2D eigenvalue weighted by Crippen LogP contribution is 2.09. The topological polar surface area (TPSA) is 0 Å². The Bertz CT molecular complexity index is 24.3. The summed E-state index contributed by atoms with van der Waals surface area (Å²) in [6, 6.07) is 0. The normalized spacial score (nSPS) is 10.0. The predicted octanol–water partition coefficient (Wildman–Crippen LogP) is 1.80. The van der Waals surface area contributed by atoms with Crippen LogP contribution in [0.2, 0.25) is 0 Å². The molecule has 0 saturated carbocycles.